The van der Waals surface area contributed by atoms with Crippen molar-refractivity contribution in [2.24, 2.45) is 0 Å². The van der Waals surface area contributed by atoms with Crippen LogP contribution in [0.3, 0.4) is 0 Å². The van der Waals surface area contributed by atoms with E-state index in [2.05, 4.69) is 6.92 Å². The van der Waals surface area contributed by atoms with Gasteiger partial charge in [-0.25, -0.2) is 0 Å². The third-order valence-corrected chi connectivity index (χ3v) is 3.32. The van der Waals surface area contributed by atoms with E-state index in [1.165, 1.54) is 44.9 Å². The molecule has 0 saturated carbocycles. The molecule has 1 fully saturated rings. The molecule has 0 N–H and O–H groups in total. The van der Waals surface area contributed by atoms with E-state index >= 15 is 0 Å². The lowest BCUT2D eigenvalue weighted by atomic mass is 10.1. The van der Waals surface area contributed by atoms with Gasteiger partial charge in [0.15, 0.2) is 0 Å². The van der Waals surface area contributed by atoms with Gasteiger partial charge in [-0.1, -0.05) is 58.3 Å². The zero-order valence-electron chi connectivity index (χ0n) is 11.8. The fraction of sp³-hybridized carbons (Fsp3) is 0.933. The summed E-state index contributed by atoms with van der Waals surface area (Å²) in [5, 5.41) is 0. The van der Waals surface area contributed by atoms with Crippen molar-refractivity contribution in [3.05, 3.63) is 0 Å². The average Bonchev–Trinajstić information content (AvgIpc) is 3.18. The van der Waals surface area contributed by atoms with Gasteiger partial charge in [0.2, 0.25) is 0 Å². The second-order valence-electron chi connectivity index (χ2n) is 5.22. The zero-order chi connectivity index (χ0) is 13.1. The Morgan fingerprint density at radius 2 is 1.61 bits per heavy atom. The Kier molecular flexibility index (Phi) is 8.92. The summed E-state index contributed by atoms with van der Waals surface area (Å²) in [6, 6.07) is 0. The smallest absolute Gasteiger partial charge is 0.305 e. The highest BCUT2D eigenvalue weighted by atomic mass is 16.6. The van der Waals surface area contributed by atoms with Crippen LogP contribution in [0, 0.1) is 0 Å². The van der Waals surface area contributed by atoms with E-state index in [0.717, 1.165) is 19.4 Å². The van der Waals surface area contributed by atoms with E-state index in [9.17, 15) is 4.79 Å². The first-order valence-corrected chi connectivity index (χ1v) is 7.60. The molecule has 0 aromatic rings. The topological polar surface area (TPSA) is 38.8 Å². The maximum atomic E-state index is 11.3. The number of hydrogen-bond acceptors (Lipinski definition) is 3. The van der Waals surface area contributed by atoms with Crippen molar-refractivity contribution in [3.63, 3.8) is 0 Å². The van der Waals surface area contributed by atoms with Crippen LogP contribution in [0.2, 0.25) is 0 Å². The summed E-state index contributed by atoms with van der Waals surface area (Å²) < 4.78 is 10.1. The van der Waals surface area contributed by atoms with E-state index in [1.807, 2.05) is 0 Å². The lowest BCUT2D eigenvalue weighted by molar-refractivity contribution is -0.144. The number of epoxide rings is 1. The highest BCUT2D eigenvalue weighted by molar-refractivity contribution is 5.69. The van der Waals surface area contributed by atoms with Gasteiger partial charge in [0.1, 0.15) is 12.7 Å². The highest BCUT2D eigenvalue weighted by Gasteiger charge is 2.23. The van der Waals surface area contributed by atoms with Crippen LogP contribution in [0.4, 0.5) is 0 Å². The normalized spacial score (nSPS) is 17.7. The summed E-state index contributed by atoms with van der Waals surface area (Å²) in [4.78, 5) is 11.3. The minimum Gasteiger partial charge on any atom is -0.463 e. The van der Waals surface area contributed by atoms with Gasteiger partial charge in [0, 0.05) is 6.42 Å². The molecule has 1 aliphatic rings. The Bertz CT molecular complexity index is 212. The van der Waals surface area contributed by atoms with Crippen LogP contribution < -0.4 is 0 Å². The molecule has 0 aromatic heterocycles. The molecule has 1 heterocycles. The van der Waals surface area contributed by atoms with Gasteiger partial charge in [-0.3, -0.25) is 4.79 Å². The number of carbonyl (C=O) groups excluding carboxylic acids is 1. The summed E-state index contributed by atoms with van der Waals surface area (Å²) >= 11 is 0. The number of unbranched alkanes of at least 4 members (excludes halogenated alkanes) is 8. The SMILES string of the molecule is CCCCCCCCCCCC(=O)OC[C@H]1CO1. The molecule has 0 unspecified atom stereocenters. The van der Waals surface area contributed by atoms with E-state index in [0.29, 0.717) is 13.0 Å². The van der Waals surface area contributed by atoms with Crippen molar-refractivity contribution in [2.45, 2.75) is 77.2 Å². The molecule has 18 heavy (non-hydrogen) atoms. The molecule has 0 aliphatic carbocycles. The van der Waals surface area contributed by atoms with Gasteiger partial charge >= 0.3 is 5.97 Å². The fourth-order valence-corrected chi connectivity index (χ4v) is 2.00. The summed E-state index contributed by atoms with van der Waals surface area (Å²) in [6.45, 7) is 3.45. The van der Waals surface area contributed by atoms with Gasteiger partial charge in [0.25, 0.3) is 0 Å². The van der Waals surface area contributed by atoms with Crippen molar-refractivity contribution < 1.29 is 14.3 Å². The molecule has 1 atom stereocenters. The molecule has 106 valence electrons. The first-order valence-electron chi connectivity index (χ1n) is 7.60. The van der Waals surface area contributed by atoms with E-state index in [-0.39, 0.29) is 12.1 Å². The molecule has 3 heteroatoms. The molecule has 1 aliphatic heterocycles. The molecular weight excluding hydrogens is 228 g/mol. The Labute approximate surface area is 111 Å². The van der Waals surface area contributed by atoms with E-state index in [4.69, 9.17) is 9.47 Å². The predicted octanol–water partition coefficient (Wildman–Crippen LogP) is 3.85. The van der Waals surface area contributed by atoms with E-state index < -0.39 is 0 Å². The first-order chi connectivity index (χ1) is 8.83. The quantitative estimate of drug-likeness (QED) is 0.302. The van der Waals surface area contributed by atoms with Gasteiger partial charge in [-0.2, -0.15) is 0 Å². The molecular formula is C15H28O3. The third-order valence-electron chi connectivity index (χ3n) is 3.32. The fourth-order valence-electron chi connectivity index (χ4n) is 2.00. The molecule has 1 rings (SSSR count). The number of esters is 1. The average molecular weight is 256 g/mol. The summed E-state index contributed by atoms with van der Waals surface area (Å²) in [5.74, 6) is -0.0616. The van der Waals surface area contributed by atoms with Gasteiger partial charge in [0.05, 0.1) is 6.61 Å². The standard InChI is InChI=1S/C15H28O3/c1-2-3-4-5-6-7-8-9-10-11-15(16)18-13-14-12-17-14/h14H,2-13H2,1H3/t14-/m1/s1. The van der Waals surface area contributed by atoms with Crippen molar-refractivity contribution >= 4 is 5.97 Å². The summed E-state index contributed by atoms with van der Waals surface area (Å²) in [5.41, 5.74) is 0. The Morgan fingerprint density at radius 1 is 1.06 bits per heavy atom. The maximum Gasteiger partial charge on any atom is 0.305 e. The minimum absolute atomic E-state index is 0.0616. The number of hydrogen-bond donors (Lipinski definition) is 0. The number of ether oxygens (including phenoxy) is 2. The second kappa shape index (κ2) is 10.4. The number of carbonyl (C=O) groups is 1. The predicted molar refractivity (Wildman–Crippen MR) is 72.5 cm³/mol. The van der Waals surface area contributed by atoms with Crippen molar-refractivity contribution in [1.29, 1.82) is 0 Å². The lowest BCUT2D eigenvalue weighted by Crippen LogP contribution is -2.09. The van der Waals surface area contributed by atoms with Crippen LogP contribution in [-0.2, 0) is 14.3 Å². The summed E-state index contributed by atoms with van der Waals surface area (Å²) in [6.07, 6.45) is 12.2. The summed E-state index contributed by atoms with van der Waals surface area (Å²) in [7, 11) is 0. The first kappa shape index (κ1) is 15.5. The largest absolute Gasteiger partial charge is 0.463 e. The Hall–Kier alpha value is -0.570. The van der Waals surface area contributed by atoms with Crippen molar-refractivity contribution in [1.82, 2.24) is 0 Å². The van der Waals surface area contributed by atoms with E-state index in [1.54, 1.807) is 0 Å². The van der Waals surface area contributed by atoms with Gasteiger partial charge in [-0.05, 0) is 6.42 Å². The lowest BCUT2D eigenvalue weighted by Gasteiger charge is -2.03. The van der Waals surface area contributed by atoms with Gasteiger partial charge < -0.3 is 9.47 Å². The van der Waals surface area contributed by atoms with Crippen LogP contribution in [0.15, 0.2) is 0 Å². The minimum atomic E-state index is -0.0616. The van der Waals surface area contributed by atoms with Crippen LogP contribution in [0.5, 0.6) is 0 Å². The Morgan fingerprint density at radius 3 is 2.17 bits per heavy atom. The third kappa shape index (κ3) is 9.46. The molecule has 0 amide bonds. The Balaban J connectivity index is 1.73. The maximum absolute atomic E-state index is 11.3. The monoisotopic (exact) mass is 256 g/mol. The second-order valence-corrected chi connectivity index (χ2v) is 5.22. The van der Waals surface area contributed by atoms with Crippen molar-refractivity contribution in [3.8, 4) is 0 Å². The highest BCUT2D eigenvalue weighted by Crippen LogP contribution is 2.12. The zero-order valence-corrected chi connectivity index (χ0v) is 11.8. The molecule has 0 bridgehead atoms. The van der Waals surface area contributed by atoms with Crippen LogP contribution in [-0.4, -0.2) is 25.3 Å². The van der Waals surface area contributed by atoms with Crippen molar-refractivity contribution in [2.75, 3.05) is 13.2 Å². The number of rotatable bonds is 12. The van der Waals surface area contributed by atoms with Crippen LogP contribution in [0.1, 0.15) is 71.1 Å². The van der Waals surface area contributed by atoms with Crippen LogP contribution in [0.25, 0.3) is 0 Å². The molecule has 0 aromatic carbocycles. The molecule has 1 saturated heterocycles. The molecule has 0 spiro atoms. The van der Waals surface area contributed by atoms with Crippen LogP contribution >= 0.6 is 0 Å². The molecule has 3 nitrogen and oxygen atoms in total. The molecule has 0 radical (unpaired) electrons. The van der Waals surface area contributed by atoms with Gasteiger partial charge in [-0.15, -0.1) is 0 Å².